The molecule has 0 atom stereocenters. The molecule has 0 aliphatic rings. The summed E-state index contributed by atoms with van der Waals surface area (Å²) in [4.78, 5) is 0. The SMILES string of the molecule is Cc1nn(-c2cccc3c(O)c(/N=N/c4cc(OCCO)c(/N=N/c5ccccc5)cc4OCCO)ccc23)c(O)c1/N=N/c1ccccc1. The van der Waals surface area contributed by atoms with Gasteiger partial charge in [-0.3, -0.25) is 0 Å². The van der Waals surface area contributed by atoms with Crippen LogP contribution in [-0.4, -0.2) is 56.6 Å². The molecule has 6 rings (SSSR count). The van der Waals surface area contributed by atoms with Gasteiger partial charge in [0, 0.05) is 22.9 Å². The average molecular weight is 673 g/mol. The van der Waals surface area contributed by atoms with E-state index < -0.39 is 0 Å². The van der Waals surface area contributed by atoms with E-state index in [9.17, 15) is 20.4 Å². The number of hydrogen-bond donors (Lipinski definition) is 4. The molecule has 0 aliphatic carbocycles. The van der Waals surface area contributed by atoms with Crippen LogP contribution in [0.1, 0.15) is 5.69 Å². The zero-order chi connectivity index (χ0) is 34.9. The summed E-state index contributed by atoms with van der Waals surface area (Å²) in [6.45, 7) is 1.17. The fourth-order valence-electron chi connectivity index (χ4n) is 4.92. The summed E-state index contributed by atoms with van der Waals surface area (Å²) >= 11 is 0. The molecule has 0 amide bonds. The molecule has 0 spiro atoms. The van der Waals surface area contributed by atoms with Crippen molar-refractivity contribution in [3.05, 3.63) is 109 Å². The third kappa shape index (κ3) is 7.46. The second-order valence-corrected chi connectivity index (χ2v) is 10.7. The van der Waals surface area contributed by atoms with Crippen molar-refractivity contribution >= 4 is 44.9 Å². The van der Waals surface area contributed by atoms with Crippen molar-refractivity contribution in [1.82, 2.24) is 9.78 Å². The Morgan fingerprint density at radius 2 is 1.16 bits per heavy atom. The van der Waals surface area contributed by atoms with Crippen LogP contribution in [0.25, 0.3) is 16.5 Å². The van der Waals surface area contributed by atoms with Crippen molar-refractivity contribution in [2.24, 2.45) is 30.7 Å². The Balaban J connectivity index is 1.34. The number of fused-ring (bicyclic) bond motifs is 1. The van der Waals surface area contributed by atoms with Crippen LogP contribution in [0.3, 0.4) is 0 Å². The van der Waals surface area contributed by atoms with Gasteiger partial charge in [-0.15, -0.1) is 20.5 Å². The Hall–Kier alpha value is -6.51. The predicted molar refractivity (Wildman–Crippen MR) is 186 cm³/mol. The zero-order valence-electron chi connectivity index (χ0n) is 26.8. The van der Waals surface area contributed by atoms with Crippen molar-refractivity contribution < 1.29 is 29.9 Å². The van der Waals surface area contributed by atoms with Crippen LogP contribution in [0.2, 0.25) is 0 Å². The van der Waals surface area contributed by atoms with E-state index in [4.69, 9.17) is 9.47 Å². The number of rotatable bonds is 13. The summed E-state index contributed by atoms with van der Waals surface area (Å²) in [5.74, 6) is 0.115. The Bertz CT molecular complexity index is 2190. The maximum absolute atomic E-state index is 11.3. The minimum Gasteiger partial charge on any atom is -0.505 e. The highest BCUT2D eigenvalue weighted by Gasteiger charge is 2.19. The molecule has 6 aromatic rings. The molecule has 0 saturated heterocycles. The van der Waals surface area contributed by atoms with E-state index in [2.05, 4.69) is 35.8 Å². The van der Waals surface area contributed by atoms with Gasteiger partial charge in [-0.05, 0) is 49.4 Å². The molecule has 0 unspecified atom stereocenters. The first kappa shape index (κ1) is 33.4. The van der Waals surface area contributed by atoms with Crippen LogP contribution in [0.4, 0.5) is 34.1 Å². The van der Waals surface area contributed by atoms with Crippen molar-refractivity contribution in [3.8, 4) is 28.8 Å². The number of nitrogens with zero attached hydrogens (tertiary/aromatic N) is 8. The number of phenolic OH excluding ortho intramolecular Hbond substituents is 1. The van der Waals surface area contributed by atoms with Crippen LogP contribution in [-0.2, 0) is 0 Å². The number of aliphatic hydroxyl groups is 2. The standard InChI is InChI=1S/C36H32N8O6/c1-23-34(42-38-25-11-6-3-7-12-25)36(48)44(43-23)31-14-8-13-27-26(31)15-16-28(35(27)47)39-41-30-22-32(49-19-17-45)29(21-33(30)50-20-18-46)40-37-24-9-4-2-5-10-24/h2-16,21-22,45-48H,17-20H2,1H3/b40-37+,41-39+,42-38+. The smallest absolute Gasteiger partial charge is 0.243 e. The summed E-state index contributed by atoms with van der Waals surface area (Å²) in [7, 11) is 0. The highest BCUT2D eigenvalue weighted by molar-refractivity contribution is 5.97. The number of aromatic nitrogens is 2. The zero-order valence-corrected chi connectivity index (χ0v) is 26.8. The number of phenols is 1. The van der Waals surface area contributed by atoms with Gasteiger partial charge in [0.2, 0.25) is 5.88 Å². The van der Waals surface area contributed by atoms with E-state index in [1.54, 1.807) is 67.6 Å². The maximum atomic E-state index is 11.3. The van der Waals surface area contributed by atoms with Crippen LogP contribution in [0.5, 0.6) is 23.1 Å². The highest BCUT2D eigenvalue weighted by Crippen LogP contribution is 2.44. The quantitative estimate of drug-likeness (QED) is 0.0881. The molecule has 4 N–H and O–H groups in total. The number of aryl methyl sites for hydroxylation is 1. The van der Waals surface area contributed by atoms with Crippen molar-refractivity contribution in [3.63, 3.8) is 0 Å². The first-order chi connectivity index (χ1) is 24.5. The van der Waals surface area contributed by atoms with Crippen LogP contribution >= 0.6 is 0 Å². The van der Waals surface area contributed by atoms with Gasteiger partial charge < -0.3 is 29.9 Å². The fraction of sp³-hybridized carbons (Fsp3) is 0.139. The van der Waals surface area contributed by atoms with Crippen molar-refractivity contribution in [2.75, 3.05) is 26.4 Å². The number of aliphatic hydroxyl groups excluding tert-OH is 2. The highest BCUT2D eigenvalue weighted by atomic mass is 16.5. The molecule has 14 nitrogen and oxygen atoms in total. The lowest BCUT2D eigenvalue weighted by Crippen LogP contribution is -2.04. The Kier molecular flexibility index (Phi) is 10.4. The van der Waals surface area contributed by atoms with Gasteiger partial charge in [-0.1, -0.05) is 48.5 Å². The summed E-state index contributed by atoms with van der Waals surface area (Å²) in [6, 6.07) is 29.8. The Morgan fingerprint density at radius 3 is 1.76 bits per heavy atom. The molecule has 0 aliphatic heterocycles. The molecule has 252 valence electrons. The number of aromatic hydroxyl groups is 2. The molecular formula is C36H32N8O6. The molecule has 50 heavy (non-hydrogen) atoms. The molecule has 0 saturated carbocycles. The number of ether oxygens (including phenoxy) is 2. The van der Waals surface area contributed by atoms with E-state index in [1.165, 1.54) is 10.7 Å². The monoisotopic (exact) mass is 672 g/mol. The first-order valence-electron chi connectivity index (χ1n) is 15.5. The second kappa shape index (κ2) is 15.6. The second-order valence-electron chi connectivity index (χ2n) is 10.7. The molecule has 1 aromatic heterocycles. The van der Waals surface area contributed by atoms with Gasteiger partial charge in [0.25, 0.3) is 0 Å². The molecule has 5 aromatic carbocycles. The minimum absolute atomic E-state index is 0.0161. The molecule has 0 fully saturated rings. The topological polar surface area (TPSA) is 191 Å². The van der Waals surface area contributed by atoms with Gasteiger partial charge in [0.15, 0.2) is 11.4 Å². The van der Waals surface area contributed by atoms with Gasteiger partial charge in [-0.2, -0.15) is 20.0 Å². The molecule has 0 radical (unpaired) electrons. The van der Waals surface area contributed by atoms with Gasteiger partial charge in [0.1, 0.15) is 41.8 Å². The van der Waals surface area contributed by atoms with Gasteiger partial charge in [-0.25, -0.2) is 0 Å². The third-order valence-corrected chi connectivity index (χ3v) is 7.28. The van der Waals surface area contributed by atoms with E-state index in [0.717, 1.165) is 0 Å². The van der Waals surface area contributed by atoms with Crippen LogP contribution in [0, 0.1) is 6.92 Å². The normalized spacial score (nSPS) is 11.7. The largest absolute Gasteiger partial charge is 0.505 e. The van der Waals surface area contributed by atoms with E-state index in [0.29, 0.717) is 39.2 Å². The minimum atomic E-state index is -0.253. The lowest BCUT2D eigenvalue weighted by molar-refractivity contribution is 0.198. The summed E-state index contributed by atoms with van der Waals surface area (Å²) < 4.78 is 12.8. The van der Waals surface area contributed by atoms with Gasteiger partial charge >= 0.3 is 0 Å². The number of benzene rings is 5. The predicted octanol–water partition coefficient (Wildman–Crippen LogP) is 8.73. The van der Waals surface area contributed by atoms with Crippen LogP contribution in [0.15, 0.2) is 134 Å². The fourth-order valence-corrected chi connectivity index (χ4v) is 4.92. The van der Waals surface area contributed by atoms with E-state index in [1.807, 2.05) is 36.4 Å². The number of hydrogen-bond acceptors (Lipinski definition) is 13. The lowest BCUT2D eigenvalue weighted by Gasteiger charge is -2.13. The molecule has 14 heteroatoms. The number of azo groups is 3. The average Bonchev–Trinajstić information content (AvgIpc) is 3.43. The summed E-state index contributed by atoms with van der Waals surface area (Å²) in [5.41, 5.74) is 3.08. The molecule has 0 bridgehead atoms. The molecule has 1 heterocycles. The summed E-state index contributed by atoms with van der Waals surface area (Å²) in [5, 5.41) is 72.4. The molecular weight excluding hydrogens is 640 g/mol. The van der Waals surface area contributed by atoms with Crippen molar-refractivity contribution in [2.45, 2.75) is 6.92 Å². The van der Waals surface area contributed by atoms with Gasteiger partial charge in [0.05, 0.1) is 36.0 Å². The van der Waals surface area contributed by atoms with Crippen molar-refractivity contribution in [1.29, 1.82) is 0 Å². The maximum Gasteiger partial charge on any atom is 0.243 e. The Morgan fingerprint density at radius 1 is 0.600 bits per heavy atom. The first-order valence-corrected chi connectivity index (χ1v) is 15.5. The Labute approximate surface area is 286 Å². The lowest BCUT2D eigenvalue weighted by atomic mass is 10.1. The van der Waals surface area contributed by atoms with Crippen LogP contribution < -0.4 is 9.47 Å². The third-order valence-electron chi connectivity index (χ3n) is 7.28. The summed E-state index contributed by atoms with van der Waals surface area (Å²) in [6.07, 6.45) is 0. The van der Waals surface area contributed by atoms with E-state index in [-0.39, 0.29) is 66.6 Å². The van der Waals surface area contributed by atoms with E-state index >= 15 is 0 Å².